The molecule has 3 aliphatic rings. The predicted molar refractivity (Wildman–Crippen MR) is 308 cm³/mol. The molecule has 12 heteroatoms. The van der Waals surface area contributed by atoms with Crippen molar-refractivity contribution in [2.75, 3.05) is 33.0 Å². The van der Waals surface area contributed by atoms with Crippen molar-refractivity contribution in [2.45, 2.75) is 186 Å². The summed E-state index contributed by atoms with van der Waals surface area (Å²) >= 11 is 0. The SMILES string of the molecule is CCC(=O)OC/C=C(C)/C=C/C=C(C)/C=C/C1=C(C)CCCC1(C)C.CCC(=O)Oc1ccc(O)cc1.CCCOC/C=C(C)/C=C/C=C(C)/C=C/C1=C(C)CCCC1(C)C.CCCOCC(O)C1OC(=O)C(O)C1O. The molecule has 76 heavy (non-hydrogen) atoms. The highest BCUT2D eigenvalue weighted by atomic mass is 16.6. The molecule has 1 fully saturated rings. The van der Waals surface area contributed by atoms with Crippen molar-refractivity contribution in [1.29, 1.82) is 0 Å². The van der Waals surface area contributed by atoms with Crippen molar-refractivity contribution in [3.63, 3.8) is 0 Å². The Morgan fingerprint density at radius 3 is 1.61 bits per heavy atom. The molecule has 1 heterocycles. The summed E-state index contributed by atoms with van der Waals surface area (Å²) in [6.07, 6.45) is 30.8. The van der Waals surface area contributed by atoms with E-state index in [4.69, 9.17) is 29.2 Å². The van der Waals surface area contributed by atoms with Crippen LogP contribution in [0.1, 0.15) is 161 Å². The van der Waals surface area contributed by atoms with Gasteiger partial charge >= 0.3 is 17.9 Å². The Bertz CT molecular complexity index is 2240. The average Bonchev–Trinajstić information content (AvgIpc) is 3.62. The van der Waals surface area contributed by atoms with Crippen LogP contribution < -0.4 is 4.74 Å². The number of hydrogen-bond acceptors (Lipinski definition) is 12. The first-order chi connectivity index (χ1) is 35.9. The van der Waals surface area contributed by atoms with E-state index < -0.39 is 30.4 Å². The van der Waals surface area contributed by atoms with Gasteiger partial charge in [0.15, 0.2) is 12.2 Å². The Hall–Kier alpha value is -5.37. The summed E-state index contributed by atoms with van der Waals surface area (Å²) in [6.45, 7) is 32.3. The Labute approximate surface area is 457 Å². The van der Waals surface area contributed by atoms with E-state index >= 15 is 0 Å². The summed E-state index contributed by atoms with van der Waals surface area (Å²) in [4.78, 5) is 32.7. The minimum absolute atomic E-state index is 0.0322. The summed E-state index contributed by atoms with van der Waals surface area (Å²) in [5, 5.41) is 36.8. The average molecular weight is 1060 g/mol. The number of allylic oxidation sites excluding steroid dienone is 18. The van der Waals surface area contributed by atoms with Crippen molar-refractivity contribution in [1.82, 2.24) is 0 Å². The molecule has 4 atom stereocenters. The number of carbonyl (C=O) groups is 3. The molecule has 4 rings (SSSR count). The highest BCUT2D eigenvalue weighted by Gasteiger charge is 2.46. The molecule has 1 aliphatic heterocycles. The number of cyclic esters (lactones) is 1. The van der Waals surface area contributed by atoms with Gasteiger partial charge in [0.1, 0.15) is 30.3 Å². The maximum absolute atomic E-state index is 11.1. The van der Waals surface area contributed by atoms with Crippen molar-refractivity contribution in [2.24, 2.45) is 10.8 Å². The second-order valence-corrected chi connectivity index (χ2v) is 20.9. The molecule has 0 bridgehead atoms. The molecule has 1 saturated heterocycles. The summed E-state index contributed by atoms with van der Waals surface area (Å²) in [5.41, 5.74) is 11.5. The molecule has 12 nitrogen and oxygen atoms in total. The summed E-state index contributed by atoms with van der Waals surface area (Å²) < 4.78 is 25.0. The predicted octanol–water partition coefficient (Wildman–Crippen LogP) is 13.5. The van der Waals surface area contributed by atoms with Crippen LogP contribution in [0.2, 0.25) is 0 Å². The minimum Gasteiger partial charge on any atom is -0.508 e. The third-order valence-corrected chi connectivity index (χ3v) is 12.9. The molecule has 1 aromatic rings. The van der Waals surface area contributed by atoms with E-state index in [0.717, 1.165) is 25.0 Å². The number of carbonyl (C=O) groups excluding carboxylic acids is 3. The van der Waals surface area contributed by atoms with Crippen LogP contribution in [0, 0.1) is 10.8 Å². The zero-order chi connectivity index (χ0) is 57.3. The van der Waals surface area contributed by atoms with Gasteiger partial charge in [-0.25, -0.2) is 4.79 Å². The van der Waals surface area contributed by atoms with Crippen LogP contribution in [0.3, 0.4) is 0 Å². The standard InChI is InChI=1S/C23H34O2.C23H36O.C9H16O6.C9H10O3/c1-7-22(24)25-17-15-19(3)11-8-10-18(2)13-14-21-20(4)12-9-16-23(21,5)6;1-7-17-24-18-15-20(3)11-8-10-19(2)13-14-22-21(4)12-9-16-23(22,5)6;1-2-3-14-4-5(10)8-6(11)7(12)9(13)15-8;1-2-9(11)12-8-5-3-7(10)4-6-8/h8,10-11,13-15H,7,9,12,16-17H2,1-6H3;8,10-11,13-15H,7,9,12,16-18H2,1-6H3;5-8,10-12H,2-4H2,1H3;3-6,10H,2H2,1H3/b11-8+,14-13+,18-10+,19-15+;11-8+,14-13+,19-10+,20-15+;;. The van der Waals surface area contributed by atoms with Gasteiger partial charge in [-0.05, 0) is 145 Å². The van der Waals surface area contributed by atoms with Gasteiger partial charge in [-0.2, -0.15) is 0 Å². The normalized spacial score (nSPS) is 20.5. The number of ether oxygens (including phenoxy) is 5. The molecule has 0 amide bonds. The molecule has 4 N–H and O–H groups in total. The number of phenols is 1. The molecular formula is C64H96O12. The zero-order valence-electron chi connectivity index (χ0n) is 48.7. The molecule has 2 aliphatic carbocycles. The fraction of sp³-hybridized carbons (Fsp3) is 0.547. The lowest BCUT2D eigenvalue weighted by Gasteiger charge is -2.33. The number of aliphatic hydroxyl groups is 3. The zero-order valence-corrected chi connectivity index (χ0v) is 48.7. The topological polar surface area (TPSA) is 178 Å². The van der Waals surface area contributed by atoms with Crippen LogP contribution in [0.25, 0.3) is 0 Å². The molecule has 1 aromatic carbocycles. The largest absolute Gasteiger partial charge is 0.508 e. The van der Waals surface area contributed by atoms with E-state index in [-0.39, 0.29) is 29.7 Å². The van der Waals surface area contributed by atoms with Crippen LogP contribution in [0.5, 0.6) is 11.5 Å². The second-order valence-electron chi connectivity index (χ2n) is 20.9. The van der Waals surface area contributed by atoms with Crippen LogP contribution in [0.4, 0.5) is 0 Å². The first-order valence-electron chi connectivity index (χ1n) is 27.3. The van der Waals surface area contributed by atoms with Crippen LogP contribution in [-0.4, -0.2) is 95.8 Å². The van der Waals surface area contributed by atoms with E-state index in [1.165, 1.54) is 84.1 Å². The molecule has 4 unspecified atom stereocenters. The number of rotatable bonds is 22. The molecule has 0 radical (unpaired) electrons. The smallest absolute Gasteiger partial charge is 0.338 e. The van der Waals surface area contributed by atoms with Crippen LogP contribution in [0.15, 0.2) is 142 Å². The van der Waals surface area contributed by atoms with E-state index in [2.05, 4.69) is 129 Å². The summed E-state index contributed by atoms with van der Waals surface area (Å²) in [6, 6.07) is 6.03. The van der Waals surface area contributed by atoms with Gasteiger partial charge in [0.2, 0.25) is 0 Å². The van der Waals surface area contributed by atoms with Crippen LogP contribution >= 0.6 is 0 Å². The van der Waals surface area contributed by atoms with E-state index in [1.54, 1.807) is 31.6 Å². The summed E-state index contributed by atoms with van der Waals surface area (Å²) in [7, 11) is 0. The highest BCUT2D eigenvalue weighted by Crippen LogP contribution is 2.42. The third kappa shape index (κ3) is 28.1. The van der Waals surface area contributed by atoms with E-state index in [9.17, 15) is 24.6 Å². The van der Waals surface area contributed by atoms with Gasteiger partial charge in [0.25, 0.3) is 0 Å². The first-order valence-corrected chi connectivity index (χ1v) is 27.3. The van der Waals surface area contributed by atoms with E-state index in [0.29, 0.717) is 43.8 Å². The third-order valence-electron chi connectivity index (χ3n) is 12.9. The minimum atomic E-state index is -1.57. The van der Waals surface area contributed by atoms with Crippen molar-refractivity contribution < 1.29 is 58.5 Å². The lowest BCUT2D eigenvalue weighted by atomic mass is 9.72. The maximum Gasteiger partial charge on any atom is 0.338 e. The second kappa shape index (κ2) is 37.4. The van der Waals surface area contributed by atoms with E-state index in [1.807, 2.05) is 32.1 Å². The van der Waals surface area contributed by atoms with Gasteiger partial charge in [-0.1, -0.05) is 156 Å². The fourth-order valence-electron chi connectivity index (χ4n) is 8.25. The molecule has 0 spiro atoms. The first kappa shape index (κ1) is 68.6. The van der Waals surface area contributed by atoms with Gasteiger partial charge in [-0.15, -0.1) is 0 Å². The Balaban J connectivity index is 0.000000526. The highest BCUT2D eigenvalue weighted by molar-refractivity contribution is 5.77. The van der Waals surface area contributed by atoms with Crippen molar-refractivity contribution in [3.05, 3.63) is 142 Å². The van der Waals surface area contributed by atoms with Crippen molar-refractivity contribution in [3.8, 4) is 11.5 Å². The van der Waals surface area contributed by atoms with Crippen molar-refractivity contribution >= 4 is 17.9 Å². The fourth-order valence-corrected chi connectivity index (χ4v) is 8.25. The lowest BCUT2D eigenvalue weighted by Crippen LogP contribution is -2.41. The number of phenolic OH excluding ortho intramolecular Hbond substituents is 1. The van der Waals surface area contributed by atoms with Gasteiger partial charge in [-0.3, -0.25) is 9.59 Å². The maximum atomic E-state index is 11.1. The van der Waals surface area contributed by atoms with Crippen LogP contribution in [-0.2, 0) is 33.3 Å². The number of aliphatic hydroxyl groups excluding tert-OH is 3. The Kier molecular flexibility index (Phi) is 33.8. The Morgan fingerprint density at radius 2 is 1.17 bits per heavy atom. The summed E-state index contributed by atoms with van der Waals surface area (Å²) in [5.74, 6) is -0.738. The Morgan fingerprint density at radius 1 is 0.697 bits per heavy atom. The monoisotopic (exact) mass is 1060 g/mol. The number of benzene rings is 1. The van der Waals surface area contributed by atoms with Gasteiger partial charge < -0.3 is 44.1 Å². The van der Waals surface area contributed by atoms with Gasteiger partial charge in [0, 0.05) is 26.1 Å². The van der Waals surface area contributed by atoms with Gasteiger partial charge in [0.05, 0.1) is 13.2 Å². The lowest BCUT2D eigenvalue weighted by molar-refractivity contribution is -0.152. The number of hydrogen-bond donors (Lipinski definition) is 4. The molecule has 0 saturated carbocycles. The molecular weight excluding hydrogens is 961 g/mol. The molecule has 424 valence electrons. The molecule has 0 aromatic heterocycles. The number of esters is 3. The quantitative estimate of drug-likeness (QED) is 0.0374. The number of aromatic hydroxyl groups is 1.